The van der Waals surface area contributed by atoms with Crippen LogP contribution in [0.2, 0.25) is 0 Å². The number of esters is 1. The smallest absolute Gasteiger partial charge is 0.337 e. The van der Waals surface area contributed by atoms with Gasteiger partial charge in [-0.05, 0) is 55.3 Å². The second kappa shape index (κ2) is 9.05. The maximum Gasteiger partial charge on any atom is 0.337 e. The number of aromatic hydroxyl groups is 1. The van der Waals surface area contributed by atoms with Gasteiger partial charge in [0.15, 0.2) is 0 Å². The second-order valence-corrected chi connectivity index (χ2v) is 6.10. The van der Waals surface area contributed by atoms with Crippen molar-refractivity contribution in [2.75, 3.05) is 25.5 Å². The summed E-state index contributed by atoms with van der Waals surface area (Å²) in [7, 11) is 1.31. The Morgan fingerprint density at radius 1 is 1.22 bits per heavy atom. The standard InChI is InChI=1S/C20H24N2O5/c1-4-22(12-18(24)14-6-5-7-16(23)11-14)20(26)21-17-9-8-15(10-13(17)2)19(25)27-3/h5-11,18,23-24H,4,12H2,1-3H3,(H,21,26)/t18-/m0/s1. The number of rotatable bonds is 6. The van der Waals surface area contributed by atoms with Crippen molar-refractivity contribution in [3.63, 3.8) is 0 Å². The summed E-state index contributed by atoms with van der Waals surface area (Å²) in [5.74, 6) is -0.388. The second-order valence-electron chi connectivity index (χ2n) is 6.10. The van der Waals surface area contributed by atoms with Gasteiger partial charge in [-0.3, -0.25) is 0 Å². The van der Waals surface area contributed by atoms with E-state index in [0.29, 0.717) is 23.4 Å². The van der Waals surface area contributed by atoms with E-state index in [9.17, 15) is 19.8 Å². The zero-order chi connectivity index (χ0) is 20.0. The number of hydrogen-bond donors (Lipinski definition) is 3. The average Bonchev–Trinajstić information content (AvgIpc) is 2.66. The first-order chi connectivity index (χ1) is 12.8. The Hall–Kier alpha value is -3.06. The molecule has 0 aliphatic carbocycles. The molecule has 27 heavy (non-hydrogen) atoms. The Bertz CT molecular complexity index is 822. The topological polar surface area (TPSA) is 99.1 Å². The highest BCUT2D eigenvalue weighted by molar-refractivity contribution is 5.93. The van der Waals surface area contributed by atoms with Crippen molar-refractivity contribution < 1.29 is 24.5 Å². The van der Waals surface area contributed by atoms with Gasteiger partial charge in [-0.15, -0.1) is 0 Å². The van der Waals surface area contributed by atoms with E-state index in [1.807, 2.05) is 6.92 Å². The minimum absolute atomic E-state index is 0.0559. The van der Waals surface area contributed by atoms with Gasteiger partial charge in [0.2, 0.25) is 0 Å². The van der Waals surface area contributed by atoms with Crippen LogP contribution in [0.3, 0.4) is 0 Å². The molecule has 1 atom stereocenters. The van der Waals surface area contributed by atoms with E-state index >= 15 is 0 Å². The molecule has 0 aromatic heterocycles. The number of phenols is 1. The van der Waals surface area contributed by atoms with Crippen LogP contribution in [0.4, 0.5) is 10.5 Å². The van der Waals surface area contributed by atoms with Crippen LogP contribution in [0.15, 0.2) is 42.5 Å². The summed E-state index contributed by atoms with van der Waals surface area (Å²) in [6, 6.07) is 10.8. The van der Waals surface area contributed by atoms with Gasteiger partial charge in [0, 0.05) is 12.2 Å². The van der Waals surface area contributed by atoms with Gasteiger partial charge < -0.3 is 25.2 Å². The first-order valence-electron chi connectivity index (χ1n) is 8.57. The number of aryl methyl sites for hydroxylation is 1. The van der Waals surface area contributed by atoms with Gasteiger partial charge >= 0.3 is 12.0 Å². The number of anilines is 1. The largest absolute Gasteiger partial charge is 0.508 e. The van der Waals surface area contributed by atoms with Crippen molar-refractivity contribution in [1.82, 2.24) is 4.90 Å². The Labute approximate surface area is 158 Å². The molecule has 2 rings (SSSR count). The fraction of sp³-hybridized carbons (Fsp3) is 0.300. The quantitative estimate of drug-likeness (QED) is 0.677. The van der Waals surface area contributed by atoms with Gasteiger partial charge in [-0.2, -0.15) is 0 Å². The van der Waals surface area contributed by atoms with Crippen molar-refractivity contribution in [2.45, 2.75) is 20.0 Å². The summed E-state index contributed by atoms with van der Waals surface area (Å²) in [6.07, 6.45) is -0.925. The number of hydrogen-bond acceptors (Lipinski definition) is 5. The molecule has 0 saturated heterocycles. The molecule has 144 valence electrons. The van der Waals surface area contributed by atoms with Crippen LogP contribution in [-0.4, -0.2) is 47.3 Å². The molecule has 2 aromatic rings. The molecule has 3 N–H and O–H groups in total. The Morgan fingerprint density at radius 2 is 1.96 bits per heavy atom. The molecule has 0 fully saturated rings. The molecule has 0 spiro atoms. The van der Waals surface area contributed by atoms with Crippen LogP contribution in [0.25, 0.3) is 0 Å². The van der Waals surface area contributed by atoms with Gasteiger partial charge in [-0.1, -0.05) is 12.1 Å². The van der Waals surface area contributed by atoms with Crippen LogP contribution in [-0.2, 0) is 4.74 Å². The summed E-state index contributed by atoms with van der Waals surface area (Å²) in [5.41, 5.74) is 2.22. The highest BCUT2D eigenvalue weighted by Gasteiger charge is 2.19. The van der Waals surface area contributed by atoms with Gasteiger partial charge in [0.05, 0.1) is 25.3 Å². The molecule has 0 radical (unpaired) electrons. The third-order valence-electron chi connectivity index (χ3n) is 4.21. The fourth-order valence-corrected chi connectivity index (χ4v) is 2.64. The van der Waals surface area contributed by atoms with E-state index in [1.54, 1.807) is 37.3 Å². The first kappa shape index (κ1) is 20.3. The van der Waals surface area contributed by atoms with E-state index in [0.717, 1.165) is 5.56 Å². The number of amides is 2. The normalized spacial score (nSPS) is 11.6. The molecule has 0 bridgehead atoms. The van der Waals surface area contributed by atoms with Crippen molar-refractivity contribution in [3.8, 4) is 5.75 Å². The predicted molar refractivity (Wildman–Crippen MR) is 102 cm³/mol. The summed E-state index contributed by atoms with van der Waals surface area (Å²) >= 11 is 0. The number of carbonyl (C=O) groups is 2. The zero-order valence-electron chi connectivity index (χ0n) is 15.6. The molecule has 0 unspecified atom stereocenters. The lowest BCUT2D eigenvalue weighted by atomic mass is 10.1. The lowest BCUT2D eigenvalue weighted by Gasteiger charge is -2.25. The number of likely N-dealkylation sites (N-methyl/N-ethyl adjacent to an activating group) is 1. The molecule has 0 aliphatic heterocycles. The Balaban J connectivity index is 2.07. The zero-order valence-corrected chi connectivity index (χ0v) is 15.6. The summed E-state index contributed by atoms with van der Waals surface area (Å²) in [6.45, 7) is 4.05. The van der Waals surface area contributed by atoms with Gasteiger partial charge in [0.1, 0.15) is 5.75 Å². The van der Waals surface area contributed by atoms with Crippen LogP contribution in [0, 0.1) is 6.92 Å². The number of aliphatic hydroxyl groups is 1. The minimum Gasteiger partial charge on any atom is -0.508 e. The molecule has 0 heterocycles. The highest BCUT2D eigenvalue weighted by atomic mass is 16.5. The maximum atomic E-state index is 12.6. The number of carbonyl (C=O) groups excluding carboxylic acids is 2. The summed E-state index contributed by atoms with van der Waals surface area (Å²) in [4.78, 5) is 25.6. The Morgan fingerprint density at radius 3 is 2.56 bits per heavy atom. The number of methoxy groups -OCH3 is 1. The van der Waals surface area contributed by atoms with Crippen LogP contribution in [0.1, 0.15) is 34.5 Å². The number of ether oxygens (including phenoxy) is 1. The molecular formula is C20H24N2O5. The SMILES string of the molecule is CCN(C[C@H](O)c1cccc(O)c1)C(=O)Nc1ccc(C(=O)OC)cc1C. The molecule has 0 aliphatic rings. The molecule has 0 saturated carbocycles. The number of urea groups is 1. The summed E-state index contributed by atoms with van der Waals surface area (Å²) < 4.78 is 4.68. The van der Waals surface area contributed by atoms with E-state index in [1.165, 1.54) is 24.1 Å². The number of phenolic OH excluding ortho intramolecular Hbond substituents is 1. The van der Waals surface area contributed by atoms with E-state index < -0.39 is 12.1 Å². The van der Waals surface area contributed by atoms with E-state index in [2.05, 4.69) is 10.1 Å². The molecule has 2 aromatic carbocycles. The van der Waals surface area contributed by atoms with Crippen molar-refractivity contribution in [2.24, 2.45) is 0 Å². The molecule has 2 amide bonds. The van der Waals surface area contributed by atoms with Crippen molar-refractivity contribution in [1.29, 1.82) is 0 Å². The third-order valence-corrected chi connectivity index (χ3v) is 4.21. The number of aliphatic hydroxyl groups excluding tert-OH is 1. The fourth-order valence-electron chi connectivity index (χ4n) is 2.64. The van der Waals surface area contributed by atoms with E-state index in [4.69, 9.17) is 0 Å². The van der Waals surface area contributed by atoms with Crippen molar-refractivity contribution >= 4 is 17.7 Å². The van der Waals surface area contributed by atoms with E-state index in [-0.39, 0.29) is 18.3 Å². The van der Waals surface area contributed by atoms with Crippen molar-refractivity contribution in [3.05, 3.63) is 59.2 Å². The lowest BCUT2D eigenvalue weighted by Crippen LogP contribution is -2.38. The molecule has 7 heteroatoms. The average molecular weight is 372 g/mol. The van der Waals surface area contributed by atoms with Gasteiger partial charge in [-0.25, -0.2) is 9.59 Å². The first-order valence-corrected chi connectivity index (χ1v) is 8.57. The number of nitrogens with zero attached hydrogens (tertiary/aromatic N) is 1. The van der Waals surface area contributed by atoms with Gasteiger partial charge in [0.25, 0.3) is 0 Å². The monoisotopic (exact) mass is 372 g/mol. The lowest BCUT2D eigenvalue weighted by molar-refractivity contribution is 0.0600. The molecule has 7 nitrogen and oxygen atoms in total. The Kier molecular flexibility index (Phi) is 6.79. The highest BCUT2D eigenvalue weighted by Crippen LogP contribution is 2.21. The number of benzene rings is 2. The van der Waals surface area contributed by atoms with Crippen LogP contribution >= 0.6 is 0 Å². The number of nitrogens with one attached hydrogen (secondary N) is 1. The predicted octanol–water partition coefficient (Wildman–Crippen LogP) is 3.07. The molecular weight excluding hydrogens is 348 g/mol. The van der Waals surface area contributed by atoms with Crippen LogP contribution in [0.5, 0.6) is 5.75 Å². The maximum absolute atomic E-state index is 12.6. The third kappa shape index (κ3) is 5.21. The van der Waals surface area contributed by atoms with Crippen LogP contribution < -0.4 is 5.32 Å². The summed E-state index contributed by atoms with van der Waals surface area (Å²) in [5, 5.41) is 22.7. The minimum atomic E-state index is -0.925.